The van der Waals surface area contributed by atoms with Crippen molar-refractivity contribution in [3.8, 4) is 0 Å². The van der Waals surface area contributed by atoms with Crippen LogP contribution in [0.4, 0.5) is 0 Å². The minimum Gasteiger partial charge on any atom is -0.393 e. The third-order valence-electron chi connectivity index (χ3n) is 4.23. The fourth-order valence-electron chi connectivity index (χ4n) is 2.89. The fourth-order valence-corrected chi connectivity index (χ4v) is 6.36. The molecule has 1 rings (SSSR count). The van der Waals surface area contributed by atoms with Gasteiger partial charge in [0.15, 0.2) is 0 Å². The topological polar surface area (TPSA) is 20.2 Å². The first-order valence-corrected chi connectivity index (χ1v) is 10.0. The van der Waals surface area contributed by atoms with Crippen molar-refractivity contribution >= 4 is 8.07 Å². The van der Waals surface area contributed by atoms with Gasteiger partial charge in [0.05, 0.1) is 14.2 Å². The highest BCUT2D eigenvalue weighted by atomic mass is 28.3. The Morgan fingerprint density at radius 3 is 2.20 bits per heavy atom. The van der Waals surface area contributed by atoms with Gasteiger partial charge < -0.3 is 5.11 Å². The van der Waals surface area contributed by atoms with Crippen LogP contribution in [0.15, 0.2) is 0 Å². The van der Waals surface area contributed by atoms with E-state index in [1.54, 1.807) is 0 Å². The van der Waals surface area contributed by atoms with Crippen LogP contribution in [0.25, 0.3) is 0 Å². The average molecular weight is 228 g/mol. The van der Waals surface area contributed by atoms with Crippen molar-refractivity contribution in [2.45, 2.75) is 82.7 Å². The molecular weight excluding hydrogens is 200 g/mol. The molecule has 1 aliphatic carbocycles. The predicted octanol–water partition coefficient (Wildman–Crippen LogP) is 4.19. The van der Waals surface area contributed by atoms with Crippen LogP contribution in [-0.4, -0.2) is 19.3 Å². The zero-order valence-corrected chi connectivity index (χ0v) is 11.8. The molecule has 0 spiro atoms. The summed E-state index contributed by atoms with van der Waals surface area (Å²) in [6.45, 7) is 7.40. The lowest BCUT2D eigenvalue weighted by Gasteiger charge is -2.37. The Morgan fingerprint density at radius 2 is 1.67 bits per heavy atom. The Kier molecular flexibility index (Phi) is 5.34. The summed E-state index contributed by atoms with van der Waals surface area (Å²) in [6.07, 6.45) is 8.93. The Labute approximate surface area is 96.3 Å². The van der Waals surface area contributed by atoms with E-state index in [1.165, 1.54) is 38.1 Å². The zero-order valence-electron chi connectivity index (χ0n) is 10.8. The monoisotopic (exact) mass is 228 g/mol. The standard InChI is InChI=1S/C13H28OSi/c1-4-5-6-11-15(2,3)13-9-7-12(14)8-10-13/h12-14H,4-11H2,1-3H3. The van der Waals surface area contributed by atoms with Crippen LogP contribution in [-0.2, 0) is 0 Å². The molecular formula is C13H28OSi. The highest BCUT2D eigenvalue weighted by Gasteiger charge is 2.33. The van der Waals surface area contributed by atoms with Crippen LogP contribution >= 0.6 is 0 Å². The SMILES string of the molecule is CCCCC[Si](C)(C)C1CCC(O)CC1. The second-order valence-corrected chi connectivity index (χ2v) is 11.2. The van der Waals surface area contributed by atoms with Gasteiger partial charge in [0.2, 0.25) is 0 Å². The van der Waals surface area contributed by atoms with E-state index in [-0.39, 0.29) is 6.10 Å². The Morgan fingerprint density at radius 1 is 1.07 bits per heavy atom. The van der Waals surface area contributed by atoms with Crippen molar-refractivity contribution in [3.05, 3.63) is 0 Å². The molecule has 1 N–H and O–H groups in total. The van der Waals surface area contributed by atoms with Crippen LogP contribution in [0.5, 0.6) is 0 Å². The zero-order chi connectivity index (χ0) is 11.3. The van der Waals surface area contributed by atoms with E-state index in [9.17, 15) is 5.11 Å². The summed E-state index contributed by atoms with van der Waals surface area (Å²) >= 11 is 0. The highest BCUT2D eigenvalue weighted by molar-refractivity contribution is 6.78. The molecule has 2 heteroatoms. The normalized spacial score (nSPS) is 28.0. The second kappa shape index (κ2) is 6.05. The molecule has 0 aromatic heterocycles. The molecule has 0 bridgehead atoms. The molecule has 0 aromatic rings. The van der Waals surface area contributed by atoms with E-state index in [1.807, 2.05) is 0 Å². The summed E-state index contributed by atoms with van der Waals surface area (Å²) in [5, 5.41) is 9.52. The fraction of sp³-hybridized carbons (Fsp3) is 1.00. The van der Waals surface area contributed by atoms with Gasteiger partial charge in [-0.1, -0.05) is 58.2 Å². The van der Waals surface area contributed by atoms with E-state index in [4.69, 9.17) is 0 Å². The number of hydrogen-bond acceptors (Lipinski definition) is 1. The molecule has 0 radical (unpaired) electrons. The summed E-state index contributed by atoms with van der Waals surface area (Å²) in [5.74, 6) is 0. The van der Waals surface area contributed by atoms with E-state index in [0.717, 1.165) is 18.4 Å². The van der Waals surface area contributed by atoms with Crippen LogP contribution in [0.2, 0.25) is 24.7 Å². The number of aliphatic hydroxyl groups excluding tert-OH is 1. The molecule has 90 valence electrons. The number of aliphatic hydroxyl groups is 1. The highest BCUT2D eigenvalue weighted by Crippen LogP contribution is 2.39. The van der Waals surface area contributed by atoms with Crippen LogP contribution in [0.1, 0.15) is 51.9 Å². The molecule has 0 atom stereocenters. The minimum atomic E-state index is -0.980. The lowest BCUT2D eigenvalue weighted by atomic mass is 9.97. The van der Waals surface area contributed by atoms with Crippen molar-refractivity contribution in [1.82, 2.24) is 0 Å². The largest absolute Gasteiger partial charge is 0.393 e. The first-order valence-electron chi connectivity index (χ1n) is 6.74. The summed E-state index contributed by atoms with van der Waals surface area (Å²) in [4.78, 5) is 0. The number of unbranched alkanes of at least 4 members (excludes halogenated alkanes) is 2. The van der Waals surface area contributed by atoms with E-state index < -0.39 is 8.07 Å². The third kappa shape index (κ3) is 4.27. The molecule has 1 saturated carbocycles. The molecule has 0 aliphatic heterocycles. The van der Waals surface area contributed by atoms with Gasteiger partial charge in [0.1, 0.15) is 0 Å². The van der Waals surface area contributed by atoms with Crippen molar-refractivity contribution in [2.75, 3.05) is 0 Å². The summed E-state index contributed by atoms with van der Waals surface area (Å²) in [6, 6.07) is 1.50. The molecule has 0 aromatic carbocycles. The molecule has 1 aliphatic rings. The van der Waals surface area contributed by atoms with Crippen molar-refractivity contribution in [1.29, 1.82) is 0 Å². The second-order valence-electron chi connectivity index (χ2n) is 5.95. The lowest BCUT2D eigenvalue weighted by Crippen LogP contribution is -2.35. The average Bonchev–Trinajstić information content (AvgIpc) is 2.18. The quantitative estimate of drug-likeness (QED) is 0.552. The molecule has 0 heterocycles. The minimum absolute atomic E-state index is 0.0155. The van der Waals surface area contributed by atoms with Gasteiger partial charge in [-0.05, 0) is 18.4 Å². The van der Waals surface area contributed by atoms with E-state index in [2.05, 4.69) is 20.0 Å². The molecule has 0 unspecified atom stereocenters. The Bertz CT molecular complexity index is 171. The van der Waals surface area contributed by atoms with Crippen LogP contribution in [0.3, 0.4) is 0 Å². The smallest absolute Gasteiger partial charge is 0.0540 e. The first kappa shape index (κ1) is 13.2. The van der Waals surface area contributed by atoms with E-state index >= 15 is 0 Å². The molecule has 0 amide bonds. The van der Waals surface area contributed by atoms with Gasteiger partial charge in [-0.25, -0.2) is 0 Å². The Balaban J connectivity index is 2.32. The number of rotatable bonds is 5. The van der Waals surface area contributed by atoms with E-state index in [0.29, 0.717) is 0 Å². The van der Waals surface area contributed by atoms with Gasteiger partial charge in [-0.3, -0.25) is 0 Å². The predicted molar refractivity (Wildman–Crippen MR) is 70.0 cm³/mol. The number of hydrogen-bond donors (Lipinski definition) is 1. The molecule has 1 nitrogen and oxygen atoms in total. The lowest BCUT2D eigenvalue weighted by molar-refractivity contribution is 0.129. The van der Waals surface area contributed by atoms with Crippen molar-refractivity contribution < 1.29 is 5.11 Å². The van der Waals surface area contributed by atoms with Gasteiger partial charge in [0.25, 0.3) is 0 Å². The van der Waals surface area contributed by atoms with Crippen molar-refractivity contribution in [3.63, 3.8) is 0 Å². The maximum absolute atomic E-state index is 9.52. The van der Waals surface area contributed by atoms with Gasteiger partial charge in [-0.15, -0.1) is 0 Å². The Hall–Kier alpha value is 0.177. The summed E-state index contributed by atoms with van der Waals surface area (Å²) < 4.78 is 0. The third-order valence-corrected chi connectivity index (χ3v) is 8.66. The van der Waals surface area contributed by atoms with Crippen LogP contribution in [0, 0.1) is 0 Å². The van der Waals surface area contributed by atoms with Gasteiger partial charge in [-0.2, -0.15) is 0 Å². The van der Waals surface area contributed by atoms with Gasteiger partial charge in [0, 0.05) is 0 Å². The van der Waals surface area contributed by atoms with Gasteiger partial charge >= 0.3 is 0 Å². The van der Waals surface area contributed by atoms with Crippen molar-refractivity contribution in [2.24, 2.45) is 0 Å². The summed E-state index contributed by atoms with van der Waals surface area (Å²) in [5.41, 5.74) is 0.984. The maximum Gasteiger partial charge on any atom is 0.0540 e. The molecule has 15 heavy (non-hydrogen) atoms. The van der Waals surface area contributed by atoms with Crippen LogP contribution < -0.4 is 0 Å². The molecule has 1 fully saturated rings. The molecule has 0 saturated heterocycles. The summed E-state index contributed by atoms with van der Waals surface area (Å²) in [7, 11) is -0.980. The first-order chi connectivity index (χ1) is 7.06. The maximum atomic E-state index is 9.52.